The van der Waals surface area contributed by atoms with E-state index in [1.165, 1.54) is 12.2 Å². The maximum atomic E-state index is 11.9. The molecule has 1 rings (SSSR count). The van der Waals surface area contributed by atoms with Crippen LogP contribution in [0.15, 0.2) is 25.3 Å². The SMILES string of the molecule is C=CC(=O)N[C@@H]1CC(C)(C)C(C)(C[C@H](C)C(=O)C=C)CC1C. The largest absolute Gasteiger partial charge is 0.350 e. The van der Waals surface area contributed by atoms with E-state index in [1.807, 2.05) is 6.92 Å². The van der Waals surface area contributed by atoms with Crippen molar-refractivity contribution in [1.82, 2.24) is 5.32 Å². The minimum atomic E-state index is -0.105. The zero-order valence-corrected chi connectivity index (χ0v) is 14.7. The Hall–Kier alpha value is -1.38. The predicted molar refractivity (Wildman–Crippen MR) is 91.4 cm³/mol. The Morgan fingerprint density at radius 2 is 1.82 bits per heavy atom. The van der Waals surface area contributed by atoms with E-state index in [0.717, 1.165) is 19.3 Å². The van der Waals surface area contributed by atoms with Crippen LogP contribution in [-0.4, -0.2) is 17.7 Å². The van der Waals surface area contributed by atoms with E-state index < -0.39 is 0 Å². The lowest BCUT2D eigenvalue weighted by molar-refractivity contribution is -0.121. The van der Waals surface area contributed by atoms with Crippen LogP contribution in [0.2, 0.25) is 0 Å². The molecule has 0 bridgehead atoms. The van der Waals surface area contributed by atoms with Crippen molar-refractivity contribution in [2.75, 3.05) is 0 Å². The Morgan fingerprint density at radius 1 is 1.23 bits per heavy atom. The third-order valence-electron chi connectivity index (χ3n) is 5.78. The molecule has 0 radical (unpaired) electrons. The molecule has 0 aromatic heterocycles. The van der Waals surface area contributed by atoms with Crippen molar-refractivity contribution in [1.29, 1.82) is 0 Å². The number of hydrogen-bond acceptors (Lipinski definition) is 2. The maximum Gasteiger partial charge on any atom is 0.243 e. The van der Waals surface area contributed by atoms with E-state index in [1.54, 1.807) is 0 Å². The molecule has 0 aromatic carbocycles. The molecule has 1 aliphatic carbocycles. The number of rotatable bonds is 6. The predicted octanol–water partition coefficient (Wildman–Crippen LogP) is 3.90. The van der Waals surface area contributed by atoms with Gasteiger partial charge in [0.1, 0.15) is 0 Å². The molecule has 22 heavy (non-hydrogen) atoms. The number of hydrogen-bond donors (Lipinski definition) is 1. The normalized spacial score (nSPS) is 31.9. The quantitative estimate of drug-likeness (QED) is 0.756. The van der Waals surface area contributed by atoms with Crippen LogP contribution >= 0.6 is 0 Å². The Balaban J connectivity index is 2.91. The zero-order chi connectivity index (χ0) is 17.1. The summed E-state index contributed by atoms with van der Waals surface area (Å²) in [5, 5.41) is 3.06. The third-order valence-corrected chi connectivity index (χ3v) is 5.78. The Kier molecular flexibility index (Phi) is 5.77. The van der Waals surface area contributed by atoms with Gasteiger partial charge in [0.2, 0.25) is 5.91 Å². The molecule has 3 nitrogen and oxygen atoms in total. The van der Waals surface area contributed by atoms with Crippen LogP contribution in [-0.2, 0) is 9.59 Å². The number of nitrogens with one attached hydrogen (secondary N) is 1. The first-order valence-corrected chi connectivity index (χ1v) is 8.15. The minimum absolute atomic E-state index is 0.00621. The van der Waals surface area contributed by atoms with Gasteiger partial charge >= 0.3 is 0 Å². The molecular formula is C19H31NO2. The first kappa shape index (κ1) is 18.7. The van der Waals surface area contributed by atoms with Crippen LogP contribution in [0.1, 0.15) is 53.9 Å². The number of amides is 1. The topological polar surface area (TPSA) is 46.2 Å². The van der Waals surface area contributed by atoms with Crippen molar-refractivity contribution < 1.29 is 9.59 Å². The summed E-state index contributed by atoms with van der Waals surface area (Å²) >= 11 is 0. The van der Waals surface area contributed by atoms with E-state index in [-0.39, 0.29) is 34.5 Å². The van der Waals surface area contributed by atoms with Gasteiger partial charge < -0.3 is 5.32 Å². The summed E-state index contributed by atoms with van der Waals surface area (Å²) in [4.78, 5) is 23.5. The fourth-order valence-corrected chi connectivity index (χ4v) is 3.90. The number of ketones is 1. The minimum Gasteiger partial charge on any atom is -0.350 e. The van der Waals surface area contributed by atoms with Crippen LogP contribution in [0.5, 0.6) is 0 Å². The molecule has 1 fully saturated rings. The molecule has 4 atom stereocenters. The van der Waals surface area contributed by atoms with Gasteiger partial charge in [-0.3, -0.25) is 9.59 Å². The molecular weight excluding hydrogens is 274 g/mol. The van der Waals surface area contributed by atoms with E-state index >= 15 is 0 Å². The molecule has 1 amide bonds. The summed E-state index contributed by atoms with van der Waals surface area (Å²) in [7, 11) is 0. The number of allylic oxidation sites excluding steroid dienone is 1. The van der Waals surface area contributed by atoms with Crippen molar-refractivity contribution >= 4 is 11.7 Å². The van der Waals surface area contributed by atoms with E-state index in [4.69, 9.17) is 0 Å². The summed E-state index contributed by atoms with van der Waals surface area (Å²) < 4.78 is 0. The average molecular weight is 305 g/mol. The lowest BCUT2D eigenvalue weighted by atomic mass is 9.52. The molecule has 1 aliphatic rings. The second-order valence-electron chi connectivity index (χ2n) is 7.86. The Bertz CT molecular complexity index is 466. The first-order valence-electron chi connectivity index (χ1n) is 8.15. The van der Waals surface area contributed by atoms with Crippen LogP contribution in [0.25, 0.3) is 0 Å². The number of carbonyl (C=O) groups excluding carboxylic acids is 2. The van der Waals surface area contributed by atoms with Crippen molar-refractivity contribution in [3.8, 4) is 0 Å². The molecule has 124 valence electrons. The van der Waals surface area contributed by atoms with Gasteiger partial charge in [0.25, 0.3) is 0 Å². The molecule has 1 saturated carbocycles. The van der Waals surface area contributed by atoms with Crippen molar-refractivity contribution in [2.24, 2.45) is 22.7 Å². The lowest BCUT2D eigenvalue weighted by Crippen LogP contribution is -2.53. The van der Waals surface area contributed by atoms with E-state index in [0.29, 0.717) is 5.92 Å². The third kappa shape index (κ3) is 3.88. The second-order valence-corrected chi connectivity index (χ2v) is 7.86. The van der Waals surface area contributed by atoms with Gasteiger partial charge in [-0.2, -0.15) is 0 Å². The lowest BCUT2D eigenvalue weighted by Gasteiger charge is -2.54. The van der Waals surface area contributed by atoms with Gasteiger partial charge in [-0.15, -0.1) is 0 Å². The highest BCUT2D eigenvalue weighted by Gasteiger charge is 2.49. The van der Waals surface area contributed by atoms with Gasteiger partial charge in [0.15, 0.2) is 5.78 Å². The fourth-order valence-electron chi connectivity index (χ4n) is 3.90. The van der Waals surface area contributed by atoms with Crippen LogP contribution in [0.4, 0.5) is 0 Å². The van der Waals surface area contributed by atoms with Crippen molar-refractivity contribution in [2.45, 2.75) is 59.9 Å². The first-order chi connectivity index (χ1) is 10.1. The molecule has 0 spiro atoms. The highest BCUT2D eigenvalue weighted by molar-refractivity contribution is 5.90. The Labute approximate surface area is 135 Å². The average Bonchev–Trinajstić information content (AvgIpc) is 2.43. The number of carbonyl (C=O) groups is 2. The van der Waals surface area contributed by atoms with Crippen LogP contribution in [0, 0.1) is 22.7 Å². The summed E-state index contributed by atoms with van der Waals surface area (Å²) in [6.45, 7) is 18.1. The molecule has 0 aliphatic heterocycles. The second kappa shape index (κ2) is 6.80. The van der Waals surface area contributed by atoms with E-state index in [2.05, 4.69) is 46.2 Å². The molecule has 0 aromatic rings. The van der Waals surface area contributed by atoms with Gasteiger partial charge in [-0.05, 0) is 48.2 Å². The Morgan fingerprint density at radius 3 is 2.32 bits per heavy atom. The highest BCUT2D eigenvalue weighted by Crippen LogP contribution is 2.55. The van der Waals surface area contributed by atoms with Gasteiger partial charge in [-0.1, -0.05) is 47.8 Å². The molecule has 0 heterocycles. The van der Waals surface area contributed by atoms with Gasteiger partial charge in [0.05, 0.1) is 0 Å². The zero-order valence-electron chi connectivity index (χ0n) is 14.7. The summed E-state index contributed by atoms with van der Waals surface area (Å²) in [6.07, 6.45) is 5.53. The molecule has 2 unspecified atom stereocenters. The van der Waals surface area contributed by atoms with E-state index in [9.17, 15) is 9.59 Å². The fraction of sp³-hybridized carbons (Fsp3) is 0.684. The molecule has 1 N–H and O–H groups in total. The maximum absolute atomic E-state index is 11.9. The van der Waals surface area contributed by atoms with Crippen molar-refractivity contribution in [3.05, 3.63) is 25.3 Å². The van der Waals surface area contributed by atoms with Crippen molar-refractivity contribution in [3.63, 3.8) is 0 Å². The standard InChI is InChI=1S/C19H31NO2/c1-8-16(21)14(4)11-19(7)10-13(3)15(12-18(19,5)6)20-17(22)9-2/h8-9,13-15H,1-2,10-12H2,3-7H3,(H,20,22)/t13?,14-,15+,19?/m0/s1. The summed E-state index contributed by atoms with van der Waals surface area (Å²) in [6, 6.07) is 0.166. The van der Waals surface area contributed by atoms with Gasteiger partial charge in [-0.25, -0.2) is 0 Å². The van der Waals surface area contributed by atoms with Crippen LogP contribution < -0.4 is 5.32 Å². The molecule has 0 saturated heterocycles. The van der Waals surface area contributed by atoms with Gasteiger partial charge in [0, 0.05) is 12.0 Å². The monoisotopic (exact) mass is 305 g/mol. The van der Waals surface area contributed by atoms with Crippen LogP contribution in [0.3, 0.4) is 0 Å². The molecule has 3 heteroatoms. The summed E-state index contributed by atoms with van der Waals surface area (Å²) in [5.74, 6) is 0.388. The smallest absolute Gasteiger partial charge is 0.243 e. The highest BCUT2D eigenvalue weighted by atomic mass is 16.1. The summed E-state index contributed by atoms with van der Waals surface area (Å²) in [5.41, 5.74) is 0.119.